The molecule has 1 amide bonds. The van der Waals surface area contributed by atoms with Crippen molar-refractivity contribution in [2.24, 2.45) is 0 Å². The van der Waals surface area contributed by atoms with E-state index in [9.17, 15) is 14.0 Å². The Kier molecular flexibility index (Phi) is 4.27. The molecule has 0 saturated heterocycles. The molecule has 140 valence electrons. The van der Waals surface area contributed by atoms with Crippen molar-refractivity contribution in [3.63, 3.8) is 0 Å². The summed E-state index contributed by atoms with van der Waals surface area (Å²) in [7, 11) is 3.40. The largest absolute Gasteiger partial charge is 0.357 e. The van der Waals surface area contributed by atoms with E-state index in [4.69, 9.17) is 0 Å². The lowest BCUT2D eigenvalue weighted by Crippen LogP contribution is -2.32. The zero-order valence-corrected chi connectivity index (χ0v) is 15.2. The second-order valence-corrected chi connectivity index (χ2v) is 7.04. The number of fused-ring (bicyclic) bond motifs is 2. The Morgan fingerprint density at radius 2 is 2.15 bits per heavy atom. The quantitative estimate of drug-likeness (QED) is 0.735. The molecule has 0 bridgehead atoms. The third kappa shape index (κ3) is 3.23. The van der Waals surface area contributed by atoms with Crippen LogP contribution in [0.15, 0.2) is 29.1 Å². The Morgan fingerprint density at radius 1 is 1.33 bits per heavy atom. The number of amides is 1. The molecule has 0 spiro atoms. The van der Waals surface area contributed by atoms with Gasteiger partial charge in [0.25, 0.3) is 5.91 Å². The summed E-state index contributed by atoms with van der Waals surface area (Å²) in [6.45, 7) is 1.89. The summed E-state index contributed by atoms with van der Waals surface area (Å²) in [6, 6.07) is 5.67. The summed E-state index contributed by atoms with van der Waals surface area (Å²) in [6.07, 6.45) is 0.756. The van der Waals surface area contributed by atoms with E-state index < -0.39 is 5.82 Å². The predicted molar refractivity (Wildman–Crippen MR) is 98.9 cm³/mol. The summed E-state index contributed by atoms with van der Waals surface area (Å²) < 4.78 is 13.4. The van der Waals surface area contributed by atoms with Crippen molar-refractivity contribution in [3.8, 4) is 0 Å². The van der Waals surface area contributed by atoms with Gasteiger partial charge in [0.2, 0.25) is 0 Å². The van der Waals surface area contributed by atoms with Crippen molar-refractivity contribution in [2.45, 2.75) is 19.5 Å². The van der Waals surface area contributed by atoms with Gasteiger partial charge in [-0.2, -0.15) is 5.10 Å². The summed E-state index contributed by atoms with van der Waals surface area (Å²) in [5.41, 5.74) is 3.50. The fraction of sp³-hybridized carbons (Fsp3) is 0.316. The van der Waals surface area contributed by atoms with E-state index in [-0.39, 0.29) is 11.3 Å². The van der Waals surface area contributed by atoms with E-state index in [1.54, 1.807) is 20.2 Å². The second-order valence-electron chi connectivity index (χ2n) is 7.04. The molecule has 27 heavy (non-hydrogen) atoms. The summed E-state index contributed by atoms with van der Waals surface area (Å²) in [5, 5.41) is 7.50. The van der Waals surface area contributed by atoms with Crippen LogP contribution in [-0.4, -0.2) is 51.5 Å². The molecular formula is C19H20FN5O2. The lowest BCUT2D eigenvalue weighted by atomic mass is 10.0. The Balaban J connectivity index is 1.59. The lowest BCUT2D eigenvalue weighted by molar-refractivity contribution is 0.0819. The van der Waals surface area contributed by atoms with Gasteiger partial charge in [-0.25, -0.2) is 4.39 Å². The normalized spacial score (nSPS) is 14.3. The van der Waals surface area contributed by atoms with Gasteiger partial charge in [0.05, 0.1) is 0 Å². The first-order valence-electron chi connectivity index (χ1n) is 8.74. The molecule has 2 N–H and O–H groups in total. The first kappa shape index (κ1) is 17.4. The number of aromatic amines is 2. The number of hydrogen-bond donors (Lipinski definition) is 2. The number of hydrogen-bond acceptors (Lipinski definition) is 4. The molecule has 0 unspecified atom stereocenters. The van der Waals surface area contributed by atoms with Gasteiger partial charge in [-0.15, -0.1) is 0 Å². The maximum Gasteiger partial charge on any atom is 0.274 e. The van der Waals surface area contributed by atoms with E-state index >= 15 is 0 Å². The standard InChI is InChI=1S/C19H20FN5O2/c1-24(2)19(27)18-14-10-25(6-5-16(14)22-23-18)9-12-8-17(26)13-7-11(20)3-4-15(13)21-12/h3-4,7-8H,5-6,9-10H2,1-2H3,(H,21,26)(H,22,23). The number of benzene rings is 1. The number of carbonyl (C=O) groups excluding carboxylic acids is 1. The van der Waals surface area contributed by atoms with Crippen LogP contribution < -0.4 is 5.43 Å². The van der Waals surface area contributed by atoms with E-state index in [0.29, 0.717) is 29.7 Å². The Bertz CT molecular complexity index is 1090. The van der Waals surface area contributed by atoms with Crippen LogP contribution in [0.3, 0.4) is 0 Å². The fourth-order valence-electron chi connectivity index (χ4n) is 3.48. The average Bonchev–Trinajstić information content (AvgIpc) is 3.05. The highest BCUT2D eigenvalue weighted by molar-refractivity contribution is 5.93. The van der Waals surface area contributed by atoms with Crippen LogP contribution in [0.2, 0.25) is 0 Å². The van der Waals surface area contributed by atoms with Crippen molar-refractivity contribution in [1.29, 1.82) is 0 Å². The number of halogens is 1. The highest BCUT2D eigenvalue weighted by atomic mass is 19.1. The van der Waals surface area contributed by atoms with E-state index in [1.807, 2.05) is 0 Å². The number of H-pyrrole nitrogens is 2. The molecule has 4 rings (SSSR count). The number of aromatic nitrogens is 3. The van der Waals surface area contributed by atoms with Crippen molar-refractivity contribution < 1.29 is 9.18 Å². The van der Waals surface area contributed by atoms with Gasteiger partial charge in [-0.1, -0.05) is 0 Å². The molecule has 0 saturated carbocycles. The summed E-state index contributed by atoms with van der Waals surface area (Å²) in [5.74, 6) is -0.558. The van der Waals surface area contributed by atoms with E-state index in [0.717, 1.165) is 29.9 Å². The van der Waals surface area contributed by atoms with Crippen LogP contribution in [0.1, 0.15) is 27.4 Å². The minimum atomic E-state index is -0.428. The molecule has 1 aliphatic heterocycles. The van der Waals surface area contributed by atoms with Crippen molar-refractivity contribution in [1.82, 2.24) is 25.0 Å². The number of pyridine rings is 1. The van der Waals surface area contributed by atoms with Gasteiger partial charge in [0.1, 0.15) is 5.82 Å². The third-order valence-corrected chi connectivity index (χ3v) is 4.86. The minimum absolute atomic E-state index is 0.129. The highest BCUT2D eigenvalue weighted by Crippen LogP contribution is 2.22. The highest BCUT2D eigenvalue weighted by Gasteiger charge is 2.26. The number of rotatable bonds is 3. The molecule has 0 radical (unpaired) electrons. The van der Waals surface area contributed by atoms with Crippen LogP contribution >= 0.6 is 0 Å². The van der Waals surface area contributed by atoms with Crippen LogP contribution in [0, 0.1) is 5.82 Å². The first-order chi connectivity index (χ1) is 12.9. The average molecular weight is 369 g/mol. The monoisotopic (exact) mass is 369 g/mol. The van der Waals surface area contributed by atoms with Gasteiger partial charge >= 0.3 is 0 Å². The topological polar surface area (TPSA) is 85.1 Å². The smallest absolute Gasteiger partial charge is 0.274 e. The molecular weight excluding hydrogens is 349 g/mol. The fourth-order valence-corrected chi connectivity index (χ4v) is 3.48. The van der Waals surface area contributed by atoms with Gasteiger partial charge < -0.3 is 9.88 Å². The third-order valence-electron chi connectivity index (χ3n) is 4.86. The van der Waals surface area contributed by atoms with Crippen LogP contribution in [0.5, 0.6) is 0 Å². The Hall–Kier alpha value is -3.00. The zero-order valence-electron chi connectivity index (χ0n) is 15.2. The molecule has 1 aliphatic rings. The molecule has 0 fully saturated rings. The van der Waals surface area contributed by atoms with Gasteiger partial charge in [-0.3, -0.25) is 19.6 Å². The molecule has 0 atom stereocenters. The Labute approximate surface area is 154 Å². The molecule has 1 aromatic carbocycles. The lowest BCUT2D eigenvalue weighted by Gasteiger charge is -2.27. The van der Waals surface area contributed by atoms with Crippen molar-refractivity contribution >= 4 is 16.8 Å². The zero-order chi connectivity index (χ0) is 19.1. The van der Waals surface area contributed by atoms with Crippen LogP contribution in [0.25, 0.3) is 10.9 Å². The molecule has 0 aliphatic carbocycles. The Morgan fingerprint density at radius 3 is 2.93 bits per heavy atom. The van der Waals surface area contributed by atoms with E-state index in [1.165, 1.54) is 23.1 Å². The van der Waals surface area contributed by atoms with Crippen molar-refractivity contribution in [3.05, 3.63) is 63.0 Å². The summed E-state index contributed by atoms with van der Waals surface area (Å²) >= 11 is 0. The molecule has 2 aromatic heterocycles. The van der Waals surface area contributed by atoms with Gasteiger partial charge in [-0.05, 0) is 18.2 Å². The number of nitrogens with one attached hydrogen (secondary N) is 2. The minimum Gasteiger partial charge on any atom is -0.357 e. The molecule has 3 heterocycles. The maximum absolute atomic E-state index is 13.4. The van der Waals surface area contributed by atoms with Crippen LogP contribution in [0.4, 0.5) is 4.39 Å². The summed E-state index contributed by atoms with van der Waals surface area (Å²) in [4.78, 5) is 31.5. The number of carbonyl (C=O) groups is 1. The maximum atomic E-state index is 13.4. The van der Waals surface area contributed by atoms with Gasteiger partial charge in [0, 0.05) is 74.1 Å². The van der Waals surface area contributed by atoms with Gasteiger partial charge in [0.15, 0.2) is 11.1 Å². The first-order valence-corrected chi connectivity index (χ1v) is 8.74. The SMILES string of the molecule is CN(C)C(=O)c1n[nH]c2c1CN(Cc1cc(=O)c3cc(F)ccc3[nH]1)CC2. The van der Waals surface area contributed by atoms with Crippen LogP contribution in [-0.2, 0) is 19.5 Å². The second kappa shape index (κ2) is 6.62. The van der Waals surface area contributed by atoms with Crippen molar-refractivity contribution in [2.75, 3.05) is 20.6 Å². The molecule has 7 nitrogen and oxygen atoms in total. The number of nitrogens with zero attached hydrogens (tertiary/aromatic N) is 3. The molecule has 3 aromatic rings. The predicted octanol–water partition coefficient (Wildman–Crippen LogP) is 1.65. The van der Waals surface area contributed by atoms with E-state index in [2.05, 4.69) is 20.1 Å². The molecule has 8 heteroatoms.